The first-order valence-corrected chi connectivity index (χ1v) is 7.82. The fourth-order valence-electron chi connectivity index (χ4n) is 2.56. The summed E-state index contributed by atoms with van der Waals surface area (Å²) in [6.45, 7) is 19.0. The molecule has 0 radical (unpaired) electrons. The maximum absolute atomic E-state index is 3.79. The lowest BCUT2D eigenvalue weighted by atomic mass is 9.80. The average Bonchev–Trinajstić information content (AvgIpc) is 2.36. The van der Waals surface area contributed by atoms with Crippen molar-refractivity contribution in [2.75, 3.05) is 26.2 Å². The van der Waals surface area contributed by atoms with Crippen molar-refractivity contribution in [3.05, 3.63) is 0 Å². The second kappa shape index (κ2) is 6.91. The zero-order valence-electron chi connectivity index (χ0n) is 13.4. The smallest absolute Gasteiger partial charge is 0.00681 e. The van der Waals surface area contributed by atoms with Gasteiger partial charge in [0, 0.05) is 12.6 Å². The van der Waals surface area contributed by atoms with Crippen molar-refractivity contribution in [2.24, 2.45) is 17.3 Å². The quantitative estimate of drug-likeness (QED) is 0.782. The van der Waals surface area contributed by atoms with Crippen LogP contribution in [0, 0.1) is 17.3 Å². The number of piperidine rings is 1. The van der Waals surface area contributed by atoms with Gasteiger partial charge < -0.3 is 10.2 Å². The fourth-order valence-corrected chi connectivity index (χ4v) is 2.56. The Hall–Kier alpha value is -0.0800. The molecular formula is C16H34N2. The first-order chi connectivity index (χ1) is 8.36. The van der Waals surface area contributed by atoms with Crippen molar-refractivity contribution in [1.29, 1.82) is 0 Å². The molecule has 0 aromatic heterocycles. The molecule has 0 amide bonds. The molecule has 0 aliphatic carbocycles. The van der Waals surface area contributed by atoms with E-state index in [0.717, 1.165) is 18.4 Å². The zero-order chi connectivity index (χ0) is 13.8. The minimum Gasteiger partial charge on any atom is -0.313 e. The Bertz CT molecular complexity index is 227. The summed E-state index contributed by atoms with van der Waals surface area (Å²) >= 11 is 0. The second-order valence-corrected chi connectivity index (χ2v) is 7.08. The molecule has 1 heterocycles. The Morgan fingerprint density at radius 2 is 1.72 bits per heavy atom. The van der Waals surface area contributed by atoms with E-state index in [2.05, 4.69) is 51.8 Å². The maximum Gasteiger partial charge on any atom is 0.00681 e. The number of hydrogen-bond donors (Lipinski definition) is 1. The van der Waals surface area contributed by atoms with Gasteiger partial charge in [-0.15, -0.1) is 0 Å². The fraction of sp³-hybridized carbons (Fsp3) is 1.00. The number of nitrogens with one attached hydrogen (secondary N) is 1. The summed E-state index contributed by atoms with van der Waals surface area (Å²) in [4.78, 5) is 2.57. The summed E-state index contributed by atoms with van der Waals surface area (Å²) in [5, 5.41) is 3.79. The van der Waals surface area contributed by atoms with Gasteiger partial charge in [-0.3, -0.25) is 0 Å². The SMILES string of the molecule is CCN1CCC(C(C)NCC(C)(C)C(C)C)CC1. The van der Waals surface area contributed by atoms with Gasteiger partial charge in [0.25, 0.3) is 0 Å². The third-order valence-corrected chi connectivity index (χ3v) is 5.23. The van der Waals surface area contributed by atoms with Gasteiger partial charge in [0.2, 0.25) is 0 Å². The summed E-state index contributed by atoms with van der Waals surface area (Å²) in [5.41, 5.74) is 0.401. The summed E-state index contributed by atoms with van der Waals surface area (Å²) < 4.78 is 0. The lowest BCUT2D eigenvalue weighted by Crippen LogP contribution is -2.45. The highest BCUT2D eigenvalue weighted by Crippen LogP contribution is 2.26. The second-order valence-electron chi connectivity index (χ2n) is 7.08. The predicted octanol–water partition coefficient (Wildman–Crippen LogP) is 3.38. The standard InChI is InChI=1S/C16H34N2/c1-7-18-10-8-15(9-11-18)14(4)17-12-16(5,6)13(2)3/h13-15,17H,7-12H2,1-6H3. The zero-order valence-corrected chi connectivity index (χ0v) is 13.4. The van der Waals surface area contributed by atoms with E-state index < -0.39 is 0 Å². The van der Waals surface area contributed by atoms with Gasteiger partial charge >= 0.3 is 0 Å². The molecule has 1 atom stereocenters. The van der Waals surface area contributed by atoms with Crippen LogP contribution >= 0.6 is 0 Å². The molecule has 0 aromatic carbocycles. The van der Waals surface area contributed by atoms with Gasteiger partial charge in [-0.25, -0.2) is 0 Å². The maximum atomic E-state index is 3.79. The van der Waals surface area contributed by atoms with Crippen LogP contribution in [0.3, 0.4) is 0 Å². The molecule has 1 N–H and O–H groups in total. The van der Waals surface area contributed by atoms with Crippen LogP contribution in [0.2, 0.25) is 0 Å². The molecule has 2 heteroatoms. The lowest BCUT2D eigenvalue weighted by Gasteiger charge is -2.37. The molecule has 1 aliphatic heterocycles. The molecule has 1 aliphatic rings. The van der Waals surface area contributed by atoms with Gasteiger partial charge in [0.1, 0.15) is 0 Å². The number of rotatable bonds is 6. The molecule has 1 fully saturated rings. The first-order valence-electron chi connectivity index (χ1n) is 7.82. The van der Waals surface area contributed by atoms with Crippen LogP contribution in [0.4, 0.5) is 0 Å². The topological polar surface area (TPSA) is 15.3 Å². The Morgan fingerprint density at radius 1 is 1.17 bits per heavy atom. The van der Waals surface area contributed by atoms with Crippen LogP contribution in [0.5, 0.6) is 0 Å². The number of hydrogen-bond acceptors (Lipinski definition) is 2. The van der Waals surface area contributed by atoms with E-state index >= 15 is 0 Å². The summed E-state index contributed by atoms with van der Waals surface area (Å²) in [6.07, 6.45) is 2.73. The van der Waals surface area contributed by atoms with Gasteiger partial charge in [0.15, 0.2) is 0 Å². The van der Waals surface area contributed by atoms with Crippen molar-refractivity contribution >= 4 is 0 Å². The minimum atomic E-state index is 0.401. The highest BCUT2D eigenvalue weighted by atomic mass is 15.1. The van der Waals surface area contributed by atoms with Crippen molar-refractivity contribution in [2.45, 2.75) is 60.4 Å². The van der Waals surface area contributed by atoms with E-state index in [0.29, 0.717) is 11.5 Å². The molecule has 1 saturated heterocycles. The molecule has 0 bridgehead atoms. The van der Waals surface area contributed by atoms with Crippen LogP contribution in [0.15, 0.2) is 0 Å². The van der Waals surface area contributed by atoms with Crippen LogP contribution in [-0.4, -0.2) is 37.1 Å². The summed E-state index contributed by atoms with van der Waals surface area (Å²) in [7, 11) is 0. The molecule has 0 spiro atoms. The summed E-state index contributed by atoms with van der Waals surface area (Å²) in [6, 6.07) is 0.669. The molecule has 0 saturated carbocycles. The first kappa shape index (κ1) is 16.0. The third-order valence-electron chi connectivity index (χ3n) is 5.23. The van der Waals surface area contributed by atoms with E-state index in [1.54, 1.807) is 0 Å². The Labute approximate surface area is 115 Å². The predicted molar refractivity (Wildman–Crippen MR) is 80.9 cm³/mol. The average molecular weight is 254 g/mol. The van der Waals surface area contributed by atoms with Crippen LogP contribution in [-0.2, 0) is 0 Å². The Balaban J connectivity index is 2.31. The highest BCUT2D eigenvalue weighted by Gasteiger charge is 2.26. The molecule has 18 heavy (non-hydrogen) atoms. The van der Waals surface area contributed by atoms with Crippen molar-refractivity contribution in [3.8, 4) is 0 Å². The van der Waals surface area contributed by atoms with Gasteiger partial charge in [-0.05, 0) is 56.7 Å². The van der Waals surface area contributed by atoms with Gasteiger partial charge in [0.05, 0.1) is 0 Å². The van der Waals surface area contributed by atoms with Crippen LogP contribution in [0.25, 0.3) is 0 Å². The minimum absolute atomic E-state index is 0.401. The molecule has 2 nitrogen and oxygen atoms in total. The Kier molecular flexibility index (Phi) is 6.13. The molecule has 0 aromatic rings. The third kappa shape index (κ3) is 4.55. The van der Waals surface area contributed by atoms with Crippen molar-refractivity contribution in [3.63, 3.8) is 0 Å². The van der Waals surface area contributed by atoms with E-state index in [4.69, 9.17) is 0 Å². The highest BCUT2D eigenvalue weighted by molar-refractivity contribution is 4.82. The van der Waals surface area contributed by atoms with E-state index in [-0.39, 0.29) is 0 Å². The Morgan fingerprint density at radius 3 is 2.17 bits per heavy atom. The molecule has 1 rings (SSSR count). The normalized spacial score (nSPS) is 21.5. The van der Waals surface area contributed by atoms with Crippen molar-refractivity contribution < 1.29 is 0 Å². The largest absolute Gasteiger partial charge is 0.313 e. The molecular weight excluding hydrogens is 220 g/mol. The van der Waals surface area contributed by atoms with E-state index in [9.17, 15) is 0 Å². The van der Waals surface area contributed by atoms with Crippen LogP contribution in [0.1, 0.15) is 54.4 Å². The van der Waals surface area contributed by atoms with E-state index in [1.807, 2.05) is 0 Å². The molecule has 1 unspecified atom stereocenters. The van der Waals surface area contributed by atoms with Gasteiger partial charge in [-0.2, -0.15) is 0 Å². The number of likely N-dealkylation sites (tertiary alicyclic amines) is 1. The summed E-state index contributed by atoms with van der Waals surface area (Å²) in [5.74, 6) is 1.61. The van der Waals surface area contributed by atoms with Gasteiger partial charge in [-0.1, -0.05) is 34.6 Å². The lowest BCUT2D eigenvalue weighted by molar-refractivity contribution is 0.155. The molecule has 108 valence electrons. The van der Waals surface area contributed by atoms with E-state index in [1.165, 1.54) is 32.5 Å². The number of nitrogens with zero attached hydrogens (tertiary/aromatic N) is 1. The monoisotopic (exact) mass is 254 g/mol. The van der Waals surface area contributed by atoms with Crippen LogP contribution < -0.4 is 5.32 Å². The van der Waals surface area contributed by atoms with Crippen molar-refractivity contribution in [1.82, 2.24) is 10.2 Å².